The highest BCUT2D eigenvalue weighted by Gasteiger charge is 2.20. The van der Waals surface area contributed by atoms with Crippen LogP contribution in [0.1, 0.15) is 52.0 Å². The molecule has 2 rings (SSSR count). The molecule has 1 N–H and O–H groups in total. The number of hydrogen-bond donors (Lipinski definition) is 1. The summed E-state index contributed by atoms with van der Waals surface area (Å²) in [4.78, 5) is 0. The lowest BCUT2D eigenvalue weighted by Crippen LogP contribution is -2.36. The van der Waals surface area contributed by atoms with Gasteiger partial charge in [0.25, 0.3) is 0 Å². The topological polar surface area (TPSA) is 30.5 Å². The number of benzene rings is 1. The summed E-state index contributed by atoms with van der Waals surface area (Å²) in [5.41, 5.74) is 1.26. The van der Waals surface area contributed by atoms with Crippen molar-refractivity contribution in [3.63, 3.8) is 0 Å². The predicted octanol–water partition coefficient (Wildman–Crippen LogP) is 4.15. The van der Waals surface area contributed by atoms with Crippen LogP contribution < -0.4 is 14.8 Å². The van der Waals surface area contributed by atoms with Crippen molar-refractivity contribution in [2.24, 2.45) is 5.92 Å². The standard InChI is InChI=1S/C18H29NO2/c1-4-20-17-11-10-15(12-18(17)21-5-2)13-19-16-9-7-6-8-14(16)3/h10-12,14,16,19H,4-9,13H2,1-3H3. The molecule has 2 unspecified atom stereocenters. The van der Waals surface area contributed by atoms with Gasteiger partial charge in [-0.2, -0.15) is 0 Å². The number of nitrogens with one attached hydrogen (secondary N) is 1. The van der Waals surface area contributed by atoms with Crippen molar-refractivity contribution in [2.75, 3.05) is 13.2 Å². The van der Waals surface area contributed by atoms with E-state index >= 15 is 0 Å². The second-order valence-corrected chi connectivity index (χ2v) is 5.90. The Morgan fingerprint density at radius 3 is 2.48 bits per heavy atom. The molecule has 1 aromatic rings. The fraction of sp³-hybridized carbons (Fsp3) is 0.667. The van der Waals surface area contributed by atoms with E-state index in [4.69, 9.17) is 9.47 Å². The summed E-state index contributed by atoms with van der Waals surface area (Å²) in [6.45, 7) is 8.59. The largest absolute Gasteiger partial charge is 0.490 e. The van der Waals surface area contributed by atoms with Crippen LogP contribution in [0.25, 0.3) is 0 Å². The molecule has 0 radical (unpaired) electrons. The quantitative estimate of drug-likeness (QED) is 0.818. The molecule has 0 saturated heterocycles. The summed E-state index contributed by atoms with van der Waals surface area (Å²) in [6, 6.07) is 6.92. The van der Waals surface area contributed by atoms with Gasteiger partial charge in [0, 0.05) is 12.6 Å². The first kappa shape index (κ1) is 16.2. The minimum absolute atomic E-state index is 0.654. The molecule has 0 bridgehead atoms. The van der Waals surface area contributed by atoms with Crippen molar-refractivity contribution in [2.45, 2.75) is 59.0 Å². The molecule has 1 aliphatic carbocycles. The van der Waals surface area contributed by atoms with E-state index < -0.39 is 0 Å². The normalized spacial score (nSPS) is 22.0. The summed E-state index contributed by atoms with van der Waals surface area (Å²) in [6.07, 6.45) is 5.40. The Balaban J connectivity index is 1.97. The van der Waals surface area contributed by atoms with E-state index in [1.54, 1.807) is 0 Å². The molecule has 1 saturated carbocycles. The third-order valence-electron chi connectivity index (χ3n) is 4.29. The smallest absolute Gasteiger partial charge is 0.161 e. The molecule has 1 aromatic carbocycles. The van der Waals surface area contributed by atoms with Crippen LogP contribution in [0.5, 0.6) is 11.5 Å². The van der Waals surface area contributed by atoms with E-state index in [1.165, 1.54) is 31.2 Å². The molecule has 0 heterocycles. The van der Waals surface area contributed by atoms with Crippen molar-refractivity contribution in [3.05, 3.63) is 23.8 Å². The maximum Gasteiger partial charge on any atom is 0.161 e. The van der Waals surface area contributed by atoms with Crippen LogP contribution in [0, 0.1) is 5.92 Å². The lowest BCUT2D eigenvalue weighted by Gasteiger charge is -2.29. The zero-order valence-corrected chi connectivity index (χ0v) is 13.7. The van der Waals surface area contributed by atoms with Crippen molar-refractivity contribution in [3.8, 4) is 11.5 Å². The molecule has 2 atom stereocenters. The van der Waals surface area contributed by atoms with Gasteiger partial charge in [-0.1, -0.05) is 25.8 Å². The van der Waals surface area contributed by atoms with Gasteiger partial charge in [-0.3, -0.25) is 0 Å². The zero-order chi connectivity index (χ0) is 15.1. The third kappa shape index (κ3) is 4.63. The number of ether oxygens (including phenoxy) is 2. The summed E-state index contributed by atoms with van der Waals surface area (Å²) < 4.78 is 11.3. The second kappa shape index (κ2) is 8.28. The average Bonchev–Trinajstić information content (AvgIpc) is 2.49. The first-order valence-electron chi connectivity index (χ1n) is 8.36. The molecule has 118 valence electrons. The minimum atomic E-state index is 0.654. The number of hydrogen-bond acceptors (Lipinski definition) is 3. The fourth-order valence-corrected chi connectivity index (χ4v) is 3.07. The molecule has 3 heteroatoms. The van der Waals surface area contributed by atoms with E-state index in [0.29, 0.717) is 19.3 Å². The lowest BCUT2D eigenvalue weighted by atomic mass is 9.86. The Morgan fingerprint density at radius 2 is 1.76 bits per heavy atom. The van der Waals surface area contributed by atoms with Gasteiger partial charge in [-0.25, -0.2) is 0 Å². The molecule has 1 fully saturated rings. The summed E-state index contributed by atoms with van der Waals surface area (Å²) in [5, 5.41) is 3.71. The van der Waals surface area contributed by atoms with Gasteiger partial charge in [-0.15, -0.1) is 0 Å². The van der Waals surface area contributed by atoms with Crippen LogP contribution in [-0.4, -0.2) is 19.3 Å². The third-order valence-corrected chi connectivity index (χ3v) is 4.29. The molecule has 3 nitrogen and oxygen atoms in total. The highest BCUT2D eigenvalue weighted by atomic mass is 16.5. The first-order chi connectivity index (χ1) is 10.2. The summed E-state index contributed by atoms with van der Waals surface area (Å²) >= 11 is 0. The van der Waals surface area contributed by atoms with Gasteiger partial charge in [0.05, 0.1) is 13.2 Å². The van der Waals surface area contributed by atoms with E-state index in [0.717, 1.165) is 24.0 Å². The molecule has 0 aromatic heterocycles. The average molecular weight is 291 g/mol. The van der Waals surface area contributed by atoms with Crippen molar-refractivity contribution < 1.29 is 9.47 Å². The summed E-state index contributed by atoms with van der Waals surface area (Å²) in [5.74, 6) is 2.48. The van der Waals surface area contributed by atoms with Gasteiger partial charge in [-0.05, 0) is 50.3 Å². The van der Waals surface area contributed by atoms with Crippen molar-refractivity contribution in [1.29, 1.82) is 0 Å². The second-order valence-electron chi connectivity index (χ2n) is 5.90. The first-order valence-corrected chi connectivity index (χ1v) is 8.36. The van der Waals surface area contributed by atoms with Crippen LogP contribution in [0.3, 0.4) is 0 Å². The molecular weight excluding hydrogens is 262 g/mol. The fourth-order valence-electron chi connectivity index (χ4n) is 3.07. The Bertz CT molecular complexity index is 433. The van der Waals surface area contributed by atoms with Gasteiger partial charge < -0.3 is 14.8 Å². The van der Waals surface area contributed by atoms with Crippen molar-refractivity contribution in [1.82, 2.24) is 5.32 Å². The van der Waals surface area contributed by atoms with E-state index in [2.05, 4.69) is 24.4 Å². The highest BCUT2D eigenvalue weighted by molar-refractivity contribution is 5.43. The van der Waals surface area contributed by atoms with Gasteiger partial charge >= 0.3 is 0 Å². The molecule has 1 aliphatic rings. The van der Waals surface area contributed by atoms with Crippen molar-refractivity contribution >= 4 is 0 Å². The van der Waals surface area contributed by atoms with Crippen LogP contribution in [0.4, 0.5) is 0 Å². The van der Waals surface area contributed by atoms with Gasteiger partial charge in [0.2, 0.25) is 0 Å². The predicted molar refractivity (Wildman–Crippen MR) is 87.0 cm³/mol. The van der Waals surface area contributed by atoms with Crippen LogP contribution in [0.2, 0.25) is 0 Å². The van der Waals surface area contributed by atoms with Crippen LogP contribution >= 0.6 is 0 Å². The molecule has 0 spiro atoms. The Hall–Kier alpha value is -1.22. The van der Waals surface area contributed by atoms with Crippen LogP contribution in [0.15, 0.2) is 18.2 Å². The lowest BCUT2D eigenvalue weighted by molar-refractivity contribution is 0.277. The Kier molecular flexibility index (Phi) is 6.37. The van der Waals surface area contributed by atoms with E-state index in [-0.39, 0.29) is 0 Å². The molecule has 21 heavy (non-hydrogen) atoms. The van der Waals surface area contributed by atoms with Gasteiger partial charge in [0.15, 0.2) is 11.5 Å². The monoisotopic (exact) mass is 291 g/mol. The zero-order valence-electron chi connectivity index (χ0n) is 13.7. The molecule has 0 aliphatic heterocycles. The Morgan fingerprint density at radius 1 is 1.05 bits per heavy atom. The maximum absolute atomic E-state index is 5.69. The summed E-state index contributed by atoms with van der Waals surface area (Å²) in [7, 11) is 0. The highest BCUT2D eigenvalue weighted by Crippen LogP contribution is 2.29. The molecular formula is C18H29NO2. The maximum atomic E-state index is 5.69. The van der Waals surface area contributed by atoms with E-state index in [1.807, 2.05) is 19.9 Å². The SMILES string of the molecule is CCOc1ccc(CNC2CCCCC2C)cc1OCC. The Labute approximate surface area is 129 Å². The number of rotatable bonds is 7. The van der Waals surface area contributed by atoms with Crippen LogP contribution in [-0.2, 0) is 6.54 Å². The minimum Gasteiger partial charge on any atom is -0.490 e. The molecule has 0 amide bonds. The van der Waals surface area contributed by atoms with Gasteiger partial charge in [0.1, 0.15) is 0 Å². The van der Waals surface area contributed by atoms with E-state index in [9.17, 15) is 0 Å².